The first-order valence-electron chi connectivity index (χ1n) is 3.30. The minimum Gasteiger partial charge on any atom is -0.393 e. The van der Waals surface area contributed by atoms with E-state index in [1.54, 1.807) is 0 Å². The second-order valence-electron chi connectivity index (χ2n) is 2.44. The fourth-order valence-corrected chi connectivity index (χ4v) is 0.916. The highest BCUT2D eigenvalue weighted by molar-refractivity contribution is 4.98. The third kappa shape index (κ3) is 1.69. The zero-order valence-electron chi connectivity index (χ0n) is 5.84. The summed E-state index contributed by atoms with van der Waals surface area (Å²) in [6.07, 6.45) is -3.63. The van der Waals surface area contributed by atoms with Crippen LogP contribution >= 0.6 is 0 Å². The molecular weight excluding hydrogens is 152 g/mol. The number of hydrogen-bond acceptors (Lipinski definition) is 5. The topological polar surface area (TPSA) is 90.2 Å². The number of rotatable bonds is 1. The monoisotopic (exact) mass is 163 g/mol. The first-order valence-corrected chi connectivity index (χ1v) is 3.30. The molecule has 1 rings (SSSR count). The van der Waals surface area contributed by atoms with Crippen molar-refractivity contribution in [1.82, 2.24) is 0 Å². The fourth-order valence-electron chi connectivity index (χ4n) is 0.916. The maximum atomic E-state index is 9.08. The van der Waals surface area contributed by atoms with Gasteiger partial charge in [-0.2, -0.15) is 0 Å². The van der Waals surface area contributed by atoms with Crippen molar-refractivity contribution in [2.75, 3.05) is 13.2 Å². The molecule has 1 saturated heterocycles. The van der Waals surface area contributed by atoms with Gasteiger partial charge in [0.2, 0.25) is 0 Å². The van der Waals surface area contributed by atoms with Crippen LogP contribution in [0.25, 0.3) is 0 Å². The summed E-state index contributed by atoms with van der Waals surface area (Å²) in [6, 6.07) is 0. The molecule has 4 N–H and O–H groups in total. The molecule has 0 amide bonds. The highest BCUT2D eigenvalue weighted by Crippen LogP contribution is 2.20. The van der Waals surface area contributed by atoms with Crippen molar-refractivity contribution in [3.63, 3.8) is 0 Å². The Kier molecular flexibility index (Phi) is 2.80. The largest absolute Gasteiger partial charge is 0.393 e. The summed E-state index contributed by atoms with van der Waals surface area (Å²) in [6.45, 7) is -0.529. The van der Waals surface area contributed by atoms with Gasteiger partial charge in [0, 0.05) is 0 Å². The molecule has 11 heavy (non-hydrogen) atoms. The van der Waals surface area contributed by atoms with Crippen LogP contribution in [0.5, 0.6) is 0 Å². The van der Waals surface area contributed by atoms with E-state index in [1.165, 1.54) is 0 Å². The predicted octanol–water partition coefficient (Wildman–Crippen LogP) is -2.38. The third-order valence-electron chi connectivity index (χ3n) is 1.64. The summed E-state index contributed by atoms with van der Waals surface area (Å²) < 4.78 is 4.73. The average Bonchev–Trinajstić information content (AvgIpc) is 2.01. The van der Waals surface area contributed by atoms with Gasteiger partial charge >= 0.3 is 0 Å². The van der Waals surface area contributed by atoms with E-state index >= 15 is 0 Å². The molecule has 5 heteroatoms. The van der Waals surface area contributed by atoms with Crippen molar-refractivity contribution in [1.29, 1.82) is 0 Å². The van der Waals surface area contributed by atoms with Crippen LogP contribution in [-0.4, -0.2) is 52.0 Å². The number of hydrogen-bond donors (Lipinski definition) is 4. The maximum Gasteiger partial charge on any atom is 0.153 e. The van der Waals surface area contributed by atoms with E-state index in [0.717, 1.165) is 0 Å². The number of ether oxygens (including phenoxy) is 1. The van der Waals surface area contributed by atoms with Gasteiger partial charge < -0.3 is 25.2 Å². The highest BCUT2D eigenvalue weighted by atomic mass is 16.5. The Bertz CT molecular complexity index is 126. The molecule has 0 saturated carbocycles. The molecule has 65 valence electrons. The van der Waals surface area contributed by atoms with Crippen LogP contribution in [0.1, 0.15) is 0 Å². The molecule has 0 unspecified atom stereocenters. The first kappa shape index (κ1) is 8.89. The molecular formula is C6H11O5. The quantitative estimate of drug-likeness (QED) is 0.346. The van der Waals surface area contributed by atoms with Crippen LogP contribution in [-0.2, 0) is 4.74 Å². The van der Waals surface area contributed by atoms with Crippen LogP contribution in [0.15, 0.2) is 0 Å². The Morgan fingerprint density at radius 2 is 2.00 bits per heavy atom. The van der Waals surface area contributed by atoms with Crippen molar-refractivity contribution in [3.05, 3.63) is 6.10 Å². The molecule has 0 aromatic heterocycles. The third-order valence-corrected chi connectivity index (χ3v) is 1.64. The first-order chi connectivity index (χ1) is 5.16. The molecule has 1 aliphatic rings. The minimum absolute atomic E-state index is 0.00259. The molecule has 1 aliphatic heterocycles. The van der Waals surface area contributed by atoms with Crippen molar-refractivity contribution in [2.24, 2.45) is 0 Å². The second kappa shape index (κ2) is 3.46. The van der Waals surface area contributed by atoms with Gasteiger partial charge in [0.1, 0.15) is 18.3 Å². The summed E-state index contributed by atoms with van der Waals surface area (Å²) in [5.74, 6) is 0. The van der Waals surface area contributed by atoms with E-state index in [9.17, 15) is 0 Å². The van der Waals surface area contributed by atoms with E-state index < -0.39 is 24.9 Å². The standard InChI is InChI=1S/C6H11O5/c7-1-4-6(10)5(9)3(8)2-11-4/h3,5-10H,1-2H2/t3-,5+,6+/m1/s1. The van der Waals surface area contributed by atoms with Gasteiger partial charge in [-0.05, 0) is 0 Å². The summed E-state index contributed by atoms with van der Waals surface area (Å²) in [5.41, 5.74) is 0. The zero-order valence-corrected chi connectivity index (χ0v) is 5.84. The van der Waals surface area contributed by atoms with Crippen molar-refractivity contribution >= 4 is 0 Å². The van der Waals surface area contributed by atoms with E-state index in [4.69, 9.17) is 25.2 Å². The van der Waals surface area contributed by atoms with Gasteiger partial charge in [0.05, 0.1) is 13.2 Å². The molecule has 0 bridgehead atoms. The van der Waals surface area contributed by atoms with Crippen LogP contribution in [0.2, 0.25) is 0 Å². The number of aliphatic hydroxyl groups excluding tert-OH is 4. The lowest BCUT2D eigenvalue weighted by atomic mass is 10.0. The predicted molar refractivity (Wildman–Crippen MR) is 34.3 cm³/mol. The van der Waals surface area contributed by atoms with Crippen molar-refractivity contribution in [3.8, 4) is 0 Å². The molecule has 1 fully saturated rings. The average molecular weight is 163 g/mol. The molecule has 1 radical (unpaired) electrons. The molecule has 0 spiro atoms. The Balaban J connectivity index is 2.52. The smallest absolute Gasteiger partial charge is 0.153 e. The van der Waals surface area contributed by atoms with E-state index in [-0.39, 0.29) is 12.7 Å². The minimum atomic E-state index is -1.29. The zero-order chi connectivity index (χ0) is 8.43. The van der Waals surface area contributed by atoms with Crippen molar-refractivity contribution in [2.45, 2.75) is 18.3 Å². The molecule has 3 atom stereocenters. The normalized spacial score (nSPS) is 40.9. The Morgan fingerprint density at radius 1 is 1.36 bits per heavy atom. The van der Waals surface area contributed by atoms with Gasteiger partial charge in [-0.25, -0.2) is 0 Å². The van der Waals surface area contributed by atoms with Gasteiger partial charge in [-0.1, -0.05) is 0 Å². The van der Waals surface area contributed by atoms with Gasteiger partial charge in [-0.15, -0.1) is 0 Å². The lowest BCUT2D eigenvalue weighted by molar-refractivity contribution is -0.153. The maximum absolute atomic E-state index is 9.08. The number of aliphatic hydroxyl groups is 4. The van der Waals surface area contributed by atoms with Crippen LogP contribution < -0.4 is 0 Å². The van der Waals surface area contributed by atoms with E-state index in [0.29, 0.717) is 0 Å². The molecule has 1 heterocycles. The molecule has 0 aromatic rings. The van der Waals surface area contributed by atoms with Crippen LogP contribution in [0.4, 0.5) is 0 Å². The Hall–Kier alpha value is -0.200. The Morgan fingerprint density at radius 3 is 2.55 bits per heavy atom. The van der Waals surface area contributed by atoms with Gasteiger partial charge in [0.25, 0.3) is 0 Å². The fraction of sp³-hybridized carbons (Fsp3) is 0.833. The lowest BCUT2D eigenvalue weighted by Gasteiger charge is -2.33. The van der Waals surface area contributed by atoms with Gasteiger partial charge in [0.15, 0.2) is 6.10 Å². The van der Waals surface area contributed by atoms with Crippen LogP contribution in [0.3, 0.4) is 0 Å². The highest BCUT2D eigenvalue weighted by Gasteiger charge is 2.37. The van der Waals surface area contributed by atoms with Crippen molar-refractivity contribution < 1.29 is 25.2 Å². The summed E-state index contributed by atoms with van der Waals surface area (Å²) >= 11 is 0. The summed E-state index contributed by atoms with van der Waals surface area (Å²) in [7, 11) is 0. The molecule has 0 aliphatic carbocycles. The summed E-state index contributed by atoms with van der Waals surface area (Å²) in [5, 5.41) is 35.6. The van der Waals surface area contributed by atoms with Gasteiger partial charge in [-0.3, -0.25) is 0 Å². The van der Waals surface area contributed by atoms with Crippen LogP contribution in [0, 0.1) is 6.10 Å². The summed E-state index contributed by atoms with van der Waals surface area (Å²) in [4.78, 5) is 0. The molecule has 0 aromatic carbocycles. The Labute approximate surface area is 63.8 Å². The van der Waals surface area contributed by atoms with E-state index in [1.807, 2.05) is 0 Å². The van der Waals surface area contributed by atoms with E-state index in [2.05, 4.69) is 0 Å². The SMILES string of the molecule is OC[C]1OC[C@@H](O)[C@H](O)[C@H]1O. The lowest BCUT2D eigenvalue weighted by Crippen LogP contribution is -2.50. The second-order valence-corrected chi connectivity index (χ2v) is 2.44. The molecule has 5 nitrogen and oxygen atoms in total.